The van der Waals surface area contributed by atoms with Gasteiger partial charge in [0.2, 0.25) is 5.95 Å². The maximum absolute atomic E-state index is 4.55. The second kappa shape index (κ2) is 5.17. The Labute approximate surface area is 118 Å². The van der Waals surface area contributed by atoms with Gasteiger partial charge in [-0.1, -0.05) is 18.2 Å². The molecule has 0 aliphatic rings. The Bertz CT molecular complexity index is 716. The van der Waals surface area contributed by atoms with E-state index in [-0.39, 0.29) is 0 Å². The van der Waals surface area contributed by atoms with Gasteiger partial charge in [-0.2, -0.15) is 0 Å². The van der Waals surface area contributed by atoms with Crippen molar-refractivity contribution in [3.63, 3.8) is 0 Å². The van der Waals surface area contributed by atoms with Crippen LogP contribution in [0.4, 0.5) is 11.6 Å². The van der Waals surface area contributed by atoms with Crippen LogP contribution < -0.4 is 5.32 Å². The van der Waals surface area contributed by atoms with Gasteiger partial charge in [0.05, 0.1) is 17.1 Å². The molecule has 4 nitrogen and oxygen atoms in total. The number of benzene rings is 1. The van der Waals surface area contributed by atoms with Crippen LogP contribution in [0.3, 0.4) is 0 Å². The summed E-state index contributed by atoms with van der Waals surface area (Å²) in [5.74, 6) is 0.796. The Balaban J connectivity index is 2.01. The standard InChI is InChI=1S/C16H16N4/c1-12-11-20(14-7-4-3-5-8-14)16(18-12)19-15-9-6-10-17-13(15)2/h3-11H,1-2H3,(H,18,19). The van der Waals surface area contributed by atoms with Crippen molar-refractivity contribution < 1.29 is 0 Å². The second-order valence-electron chi connectivity index (χ2n) is 4.67. The zero-order valence-electron chi connectivity index (χ0n) is 11.5. The molecule has 1 N–H and O–H groups in total. The number of para-hydroxylation sites is 1. The van der Waals surface area contributed by atoms with E-state index in [2.05, 4.69) is 27.4 Å². The number of hydrogen-bond donors (Lipinski definition) is 1. The minimum Gasteiger partial charge on any atom is -0.324 e. The first-order valence-corrected chi connectivity index (χ1v) is 6.54. The third kappa shape index (κ3) is 2.40. The number of aromatic nitrogens is 3. The summed E-state index contributed by atoms with van der Waals surface area (Å²) in [6.07, 6.45) is 3.80. The summed E-state index contributed by atoms with van der Waals surface area (Å²) >= 11 is 0. The van der Waals surface area contributed by atoms with Crippen LogP contribution in [0.5, 0.6) is 0 Å². The van der Waals surface area contributed by atoms with Gasteiger partial charge in [0.15, 0.2) is 0 Å². The SMILES string of the molecule is Cc1cn(-c2ccccc2)c(Nc2cccnc2C)n1. The van der Waals surface area contributed by atoms with Crippen molar-refractivity contribution >= 4 is 11.6 Å². The number of anilines is 2. The Morgan fingerprint density at radius 2 is 1.80 bits per heavy atom. The van der Waals surface area contributed by atoms with E-state index in [9.17, 15) is 0 Å². The van der Waals surface area contributed by atoms with E-state index in [1.165, 1.54) is 0 Å². The molecule has 0 unspecified atom stereocenters. The van der Waals surface area contributed by atoms with Gasteiger partial charge in [-0.25, -0.2) is 4.98 Å². The van der Waals surface area contributed by atoms with Gasteiger partial charge in [0.25, 0.3) is 0 Å². The molecule has 0 spiro atoms. The Kier molecular flexibility index (Phi) is 3.21. The Hall–Kier alpha value is -2.62. The lowest BCUT2D eigenvalue weighted by molar-refractivity contribution is 1.06. The van der Waals surface area contributed by atoms with Gasteiger partial charge < -0.3 is 5.32 Å². The van der Waals surface area contributed by atoms with Crippen molar-refractivity contribution in [2.24, 2.45) is 0 Å². The maximum Gasteiger partial charge on any atom is 0.212 e. The van der Waals surface area contributed by atoms with E-state index >= 15 is 0 Å². The molecular weight excluding hydrogens is 248 g/mol. The highest BCUT2D eigenvalue weighted by Gasteiger charge is 2.08. The van der Waals surface area contributed by atoms with Gasteiger partial charge in [-0.15, -0.1) is 0 Å². The number of pyridine rings is 1. The van der Waals surface area contributed by atoms with Crippen LogP contribution in [-0.4, -0.2) is 14.5 Å². The topological polar surface area (TPSA) is 42.7 Å². The van der Waals surface area contributed by atoms with Gasteiger partial charge >= 0.3 is 0 Å². The zero-order chi connectivity index (χ0) is 13.9. The molecule has 20 heavy (non-hydrogen) atoms. The monoisotopic (exact) mass is 264 g/mol. The van der Waals surface area contributed by atoms with Crippen molar-refractivity contribution in [1.29, 1.82) is 0 Å². The molecule has 3 rings (SSSR count). The smallest absolute Gasteiger partial charge is 0.212 e. The van der Waals surface area contributed by atoms with E-state index in [0.717, 1.165) is 28.7 Å². The number of hydrogen-bond acceptors (Lipinski definition) is 3. The molecular formula is C16H16N4. The maximum atomic E-state index is 4.55. The molecule has 0 saturated heterocycles. The largest absolute Gasteiger partial charge is 0.324 e. The molecule has 0 radical (unpaired) electrons. The Morgan fingerprint density at radius 3 is 2.55 bits per heavy atom. The molecule has 0 fully saturated rings. The van der Waals surface area contributed by atoms with Crippen molar-refractivity contribution in [1.82, 2.24) is 14.5 Å². The normalized spacial score (nSPS) is 10.5. The first-order valence-electron chi connectivity index (χ1n) is 6.54. The fraction of sp³-hybridized carbons (Fsp3) is 0.125. The molecule has 0 amide bonds. The molecule has 0 atom stereocenters. The summed E-state index contributed by atoms with van der Waals surface area (Å²) < 4.78 is 2.04. The summed E-state index contributed by atoms with van der Waals surface area (Å²) in [5.41, 5.74) is 3.97. The predicted molar refractivity (Wildman–Crippen MR) is 80.6 cm³/mol. The average Bonchev–Trinajstić information content (AvgIpc) is 2.83. The minimum atomic E-state index is 0.796. The molecule has 0 aliphatic heterocycles. The fourth-order valence-electron chi connectivity index (χ4n) is 2.11. The number of aryl methyl sites for hydroxylation is 2. The van der Waals surface area contributed by atoms with Crippen LogP contribution in [0, 0.1) is 13.8 Å². The fourth-order valence-corrected chi connectivity index (χ4v) is 2.11. The first-order chi connectivity index (χ1) is 9.74. The molecule has 2 aromatic heterocycles. The summed E-state index contributed by atoms with van der Waals surface area (Å²) in [7, 11) is 0. The zero-order valence-corrected chi connectivity index (χ0v) is 11.5. The summed E-state index contributed by atoms with van der Waals surface area (Å²) in [6, 6.07) is 14.1. The highest BCUT2D eigenvalue weighted by Crippen LogP contribution is 2.21. The van der Waals surface area contributed by atoms with E-state index in [4.69, 9.17) is 0 Å². The molecule has 0 bridgehead atoms. The lowest BCUT2D eigenvalue weighted by Crippen LogP contribution is -2.02. The van der Waals surface area contributed by atoms with Gasteiger partial charge in [-0.05, 0) is 38.1 Å². The molecule has 3 aromatic rings. The van der Waals surface area contributed by atoms with Crippen molar-refractivity contribution in [3.8, 4) is 5.69 Å². The van der Waals surface area contributed by atoms with Crippen LogP contribution >= 0.6 is 0 Å². The molecule has 1 aromatic carbocycles. The first kappa shape index (κ1) is 12.4. The third-order valence-electron chi connectivity index (χ3n) is 3.11. The van der Waals surface area contributed by atoms with Crippen molar-refractivity contribution in [2.45, 2.75) is 13.8 Å². The van der Waals surface area contributed by atoms with Crippen LogP contribution in [0.25, 0.3) is 5.69 Å². The van der Waals surface area contributed by atoms with E-state index in [1.54, 1.807) is 6.20 Å². The van der Waals surface area contributed by atoms with Crippen LogP contribution in [0.1, 0.15) is 11.4 Å². The summed E-state index contributed by atoms with van der Waals surface area (Å²) in [5, 5.41) is 3.35. The van der Waals surface area contributed by atoms with Crippen molar-refractivity contribution in [3.05, 3.63) is 66.2 Å². The minimum absolute atomic E-state index is 0.796. The summed E-state index contributed by atoms with van der Waals surface area (Å²) in [6.45, 7) is 3.96. The quantitative estimate of drug-likeness (QED) is 0.785. The van der Waals surface area contributed by atoms with Crippen LogP contribution in [-0.2, 0) is 0 Å². The van der Waals surface area contributed by atoms with E-state index < -0.39 is 0 Å². The average molecular weight is 264 g/mol. The lowest BCUT2D eigenvalue weighted by atomic mass is 10.3. The number of imidazole rings is 1. The molecule has 0 aliphatic carbocycles. The molecule has 0 saturated carbocycles. The number of nitrogens with zero attached hydrogens (tertiary/aromatic N) is 3. The second-order valence-corrected chi connectivity index (χ2v) is 4.67. The van der Waals surface area contributed by atoms with Gasteiger partial charge in [-0.3, -0.25) is 9.55 Å². The molecule has 100 valence electrons. The highest BCUT2D eigenvalue weighted by molar-refractivity contribution is 5.58. The predicted octanol–water partition coefficient (Wildman–Crippen LogP) is 3.63. The van der Waals surface area contributed by atoms with E-state index in [0.29, 0.717) is 0 Å². The van der Waals surface area contributed by atoms with Crippen molar-refractivity contribution in [2.75, 3.05) is 5.32 Å². The number of rotatable bonds is 3. The lowest BCUT2D eigenvalue weighted by Gasteiger charge is -2.10. The van der Waals surface area contributed by atoms with Crippen LogP contribution in [0.15, 0.2) is 54.9 Å². The molecule has 4 heteroatoms. The van der Waals surface area contributed by atoms with E-state index in [1.807, 2.05) is 54.9 Å². The van der Waals surface area contributed by atoms with Gasteiger partial charge in [0, 0.05) is 18.1 Å². The third-order valence-corrected chi connectivity index (χ3v) is 3.11. The summed E-state index contributed by atoms with van der Waals surface area (Å²) in [4.78, 5) is 8.83. The molecule has 2 heterocycles. The highest BCUT2D eigenvalue weighted by atomic mass is 15.2. The number of nitrogens with one attached hydrogen (secondary N) is 1. The van der Waals surface area contributed by atoms with Crippen LogP contribution in [0.2, 0.25) is 0 Å². The Morgan fingerprint density at radius 1 is 1.00 bits per heavy atom. The van der Waals surface area contributed by atoms with Gasteiger partial charge in [0.1, 0.15) is 0 Å².